The van der Waals surface area contributed by atoms with E-state index in [4.69, 9.17) is 9.73 Å². The summed E-state index contributed by atoms with van der Waals surface area (Å²) >= 11 is 1.82. The van der Waals surface area contributed by atoms with E-state index in [0.29, 0.717) is 5.41 Å². The van der Waals surface area contributed by atoms with Gasteiger partial charge in [-0.05, 0) is 39.0 Å². The molecule has 2 aliphatic rings. The predicted molar refractivity (Wildman–Crippen MR) is 104 cm³/mol. The quantitative estimate of drug-likeness (QED) is 0.644. The van der Waals surface area contributed by atoms with E-state index in [2.05, 4.69) is 29.0 Å². The molecule has 2 saturated heterocycles. The number of aryl methyl sites for hydroxylation is 1. The molecule has 5 nitrogen and oxygen atoms in total. The number of piperidine rings is 1. The molecule has 0 aliphatic carbocycles. The summed E-state index contributed by atoms with van der Waals surface area (Å²) in [5.41, 5.74) is 0.345. The molecule has 0 amide bonds. The van der Waals surface area contributed by atoms with Crippen molar-refractivity contribution in [1.82, 2.24) is 15.2 Å². The highest BCUT2D eigenvalue weighted by Crippen LogP contribution is 2.37. The first-order valence-corrected chi connectivity index (χ1v) is 10.6. The summed E-state index contributed by atoms with van der Waals surface area (Å²) in [6.07, 6.45) is 9.03. The van der Waals surface area contributed by atoms with Crippen LogP contribution in [0.2, 0.25) is 0 Å². The molecule has 0 saturated carbocycles. The standard InChI is InChI=1S/C19H32N4OS/c1-3-16-13-22-17(25-16)7-10-21-18(20-4-2)23-11-5-8-19(14-23)9-6-12-24-15-19/h13H,3-12,14-15H2,1-2H3,(H,20,21). The monoisotopic (exact) mass is 364 g/mol. The van der Waals surface area contributed by atoms with Gasteiger partial charge in [0.25, 0.3) is 0 Å². The van der Waals surface area contributed by atoms with Gasteiger partial charge in [0, 0.05) is 55.7 Å². The normalized spacial score (nSPS) is 24.7. The highest BCUT2D eigenvalue weighted by atomic mass is 32.1. The highest BCUT2D eigenvalue weighted by Gasteiger charge is 2.38. The third-order valence-electron chi connectivity index (χ3n) is 5.24. The van der Waals surface area contributed by atoms with Crippen LogP contribution in [0, 0.1) is 5.41 Å². The molecule has 1 unspecified atom stereocenters. The number of ether oxygens (including phenoxy) is 1. The first kappa shape index (κ1) is 18.6. The van der Waals surface area contributed by atoms with Crippen LogP contribution >= 0.6 is 11.3 Å². The third kappa shape index (κ3) is 4.94. The van der Waals surface area contributed by atoms with Crippen molar-refractivity contribution in [3.8, 4) is 0 Å². The minimum absolute atomic E-state index is 0.345. The molecule has 0 aromatic carbocycles. The molecule has 2 fully saturated rings. The number of aromatic nitrogens is 1. The zero-order valence-electron chi connectivity index (χ0n) is 15.7. The van der Waals surface area contributed by atoms with Crippen molar-refractivity contribution >= 4 is 17.3 Å². The second-order valence-electron chi connectivity index (χ2n) is 7.24. The fourth-order valence-corrected chi connectivity index (χ4v) is 4.78. The largest absolute Gasteiger partial charge is 0.381 e. The second-order valence-corrected chi connectivity index (χ2v) is 8.44. The fraction of sp³-hybridized carbons (Fsp3) is 0.789. The molecule has 140 valence electrons. The summed E-state index contributed by atoms with van der Waals surface area (Å²) in [4.78, 5) is 13.2. The maximum absolute atomic E-state index is 5.81. The van der Waals surface area contributed by atoms with Crippen LogP contribution in [-0.2, 0) is 17.6 Å². The second kappa shape index (κ2) is 8.99. The van der Waals surface area contributed by atoms with Crippen LogP contribution in [0.25, 0.3) is 0 Å². The highest BCUT2D eigenvalue weighted by molar-refractivity contribution is 7.11. The molecule has 1 atom stereocenters. The van der Waals surface area contributed by atoms with Gasteiger partial charge in [0.2, 0.25) is 0 Å². The van der Waals surface area contributed by atoms with E-state index >= 15 is 0 Å². The smallest absolute Gasteiger partial charge is 0.193 e. The molecule has 25 heavy (non-hydrogen) atoms. The van der Waals surface area contributed by atoms with E-state index in [1.165, 1.54) is 35.6 Å². The molecule has 3 rings (SSSR count). The lowest BCUT2D eigenvalue weighted by atomic mass is 9.76. The van der Waals surface area contributed by atoms with Crippen LogP contribution < -0.4 is 5.32 Å². The molecule has 1 N–H and O–H groups in total. The van der Waals surface area contributed by atoms with Crippen molar-refractivity contribution in [1.29, 1.82) is 0 Å². The van der Waals surface area contributed by atoms with E-state index in [-0.39, 0.29) is 0 Å². The average molecular weight is 365 g/mol. The van der Waals surface area contributed by atoms with Crippen molar-refractivity contribution in [3.63, 3.8) is 0 Å². The molecule has 6 heteroatoms. The zero-order chi connectivity index (χ0) is 17.5. The Morgan fingerprint density at radius 1 is 1.40 bits per heavy atom. The van der Waals surface area contributed by atoms with Gasteiger partial charge >= 0.3 is 0 Å². The number of hydrogen-bond donors (Lipinski definition) is 1. The minimum atomic E-state index is 0.345. The number of hydrogen-bond acceptors (Lipinski definition) is 4. The summed E-state index contributed by atoms with van der Waals surface area (Å²) in [7, 11) is 0. The van der Waals surface area contributed by atoms with Gasteiger partial charge in [0.05, 0.1) is 11.6 Å². The Balaban J connectivity index is 1.60. The van der Waals surface area contributed by atoms with Crippen LogP contribution in [0.4, 0.5) is 0 Å². The van der Waals surface area contributed by atoms with Crippen LogP contribution in [0.15, 0.2) is 11.2 Å². The van der Waals surface area contributed by atoms with Gasteiger partial charge in [-0.1, -0.05) is 6.92 Å². The number of rotatable bonds is 5. The molecule has 2 aliphatic heterocycles. The molecule has 1 spiro atoms. The Labute approximate surface area is 155 Å². The van der Waals surface area contributed by atoms with E-state index in [1.54, 1.807) is 0 Å². The molecule has 3 heterocycles. The Hall–Kier alpha value is -1.14. The Morgan fingerprint density at radius 3 is 3.00 bits per heavy atom. The first-order valence-electron chi connectivity index (χ1n) is 9.79. The minimum Gasteiger partial charge on any atom is -0.381 e. The number of likely N-dealkylation sites (tertiary alicyclic amines) is 1. The molecule has 1 aromatic rings. The molecule has 0 bridgehead atoms. The van der Waals surface area contributed by atoms with Gasteiger partial charge in [-0.3, -0.25) is 4.99 Å². The van der Waals surface area contributed by atoms with E-state index in [9.17, 15) is 0 Å². The van der Waals surface area contributed by atoms with Crippen molar-refractivity contribution < 1.29 is 4.74 Å². The van der Waals surface area contributed by atoms with Crippen LogP contribution in [-0.4, -0.2) is 55.2 Å². The van der Waals surface area contributed by atoms with Crippen molar-refractivity contribution in [2.24, 2.45) is 10.4 Å². The van der Waals surface area contributed by atoms with Gasteiger partial charge in [0.1, 0.15) is 0 Å². The van der Waals surface area contributed by atoms with Crippen LogP contribution in [0.1, 0.15) is 49.4 Å². The SMILES string of the molecule is CCNC(=NCCc1ncc(CC)s1)N1CCCC2(CCCOC2)C1. The lowest BCUT2D eigenvalue weighted by Gasteiger charge is -2.45. The first-order chi connectivity index (χ1) is 12.2. The summed E-state index contributed by atoms with van der Waals surface area (Å²) in [6.45, 7) is 10.1. The lowest BCUT2D eigenvalue weighted by molar-refractivity contribution is -0.0370. The van der Waals surface area contributed by atoms with E-state index < -0.39 is 0 Å². The Bertz CT molecular complexity index is 560. The molecule has 1 aromatic heterocycles. The van der Waals surface area contributed by atoms with Gasteiger partial charge in [-0.2, -0.15) is 0 Å². The molecule has 0 radical (unpaired) electrons. The summed E-state index contributed by atoms with van der Waals surface area (Å²) in [6, 6.07) is 0. The van der Waals surface area contributed by atoms with Gasteiger partial charge < -0.3 is 15.0 Å². The van der Waals surface area contributed by atoms with Crippen molar-refractivity contribution in [2.45, 2.75) is 52.4 Å². The molecular formula is C19H32N4OS. The van der Waals surface area contributed by atoms with E-state index in [1.807, 2.05) is 17.5 Å². The Morgan fingerprint density at radius 2 is 2.28 bits per heavy atom. The van der Waals surface area contributed by atoms with Crippen LogP contribution in [0.5, 0.6) is 0 Å². The average Bonchev–Trinajstić information content (AvgIpc) is 3.10. The third-order valence-corrected chi connectivity index (χ3v) is 6.44. The zero-order valence-corrected chi connectivity index (χ0v) is 16.5. The maximum Gasteiger partial charge on any atom is 0.193 e. The summed E-state index contributed by atoms with van der Waals surface area (Å²) in [5.74, 6) is 1.07. The van der Waals surface area contributed by atoms with Gasteiger partial charge in [-0.15, -0.1) is 11.3 Å². The van der Waals surface area contributed by atoms with Gasteiger partial charge in [-0.25, -0.2) is 4.98 Å². The van der Waals surface area contributed by atoms with Crippen LogP contribution in [0.3, 0.4) is 0 Å². The molecular weight excluding hydrogens is 332 g/mol. The summed E-state index contributed by atoms with van der Waals surface area (Å²) < 4.78 is 5.81. The number of nitrogens with one attached hydrogen (secondary N) is 1. The fourth-order valence-electron chi connectivity index (χ4n) is 3.93. The number of thiazole rings is 1. The van der Waals surface area contributed by atoms with Gasteiger partial charge in [0.15, 0.2) is 5.96 Å². The van der Waals surface area contributed by atoms with Crippen molar-refractivity contribution in [3.05, 3.63) is 16.1 Å². The predicted octanol–water partition coefficient (Wildman–Crippen LogP) is 3.11. The van der Waals surface area contributed by atoms with E-state index in [0.717, 1.165) is 58.2 Å². The maximum atomic E-state index is 5.81. The Kier molecular flexibility index (Phi) is 6.70. The topological polar surface area (TPSA) is 49.8 Å². The lowest BCUT2D eigenvalue weighted by Crippen LogP contribution is -2.53. The number of guanidine groups is 1. The summed E-state index contributed by atoms with van der Waals surface area (Å²) in [5, 5.41) is 4.70. The number of aliphatic imine (C=N–C) groups is 1. The van der Waals surface area contributed by atoms with Crippen molar-refractivity contribution in [2.75, 3.05) is 39.4 Å². The number of nitrogens with zero attached hydrogens (tertiary/aromatic N) is 3.